The lowest BCUT2D eigenvalue weighted by Crippen LogP contribution is -2.37. The Hall–Kier alpha value is -2.79. The molecule has 2 aromatic carbocycles. The first-order valence-electron chi connectivity index (χ1n) is 11.3. The van der Waals surface area contributed by atoms with E-state index in [2.05, 4.69) is 41.1 Å². The van der Waals surface area contributed by atoms with E-state index in [1.165, 1.54) is 53.3 Å². The monoisotopic (exact) mass is 417 g/mol. The Morgan fingerprint density at radius 1 is 1.16 bits per heavy atom. The summed E-state index contributed by atoms with van der Waals surface area (Å²) in [6, 6.07) is 12.5. The van der Waals surface area contributed by atoms with Gasteiger partial charge in [0.25, 0.3) is 0 Å². The van der Waals surface area contributed by atoms with Gasteiger partial charge in [0, 0.05) is 40.8 Å². The maximum absolute atomic E-state index is 11.5. The standard InChI is InChI=1S/C26H31N3O2/c1-16-13-24(31-2)22(21-9-11-28-25(16)21)15-29-12-10-20(17-3-4-17)14-23(29)18-5-7-19(8-6-18)26(27)30/h5-9,11,13,17,20,23,28H,3-4,10,12,14-15H2,1-2H3,(H2,27,30)/t20?,23-/m0/s1. The summed E-state index contributed by atoms with van der Waals surface area (Å²) in [4.78, 5) is 17.5. The zero-order valence-corrected chi connectivity index (χ0v) is 18.4. The number of nitrogens with one attached hydrogen (secondary N) is 1. The number of aromatic nitrogens is 1. The second-order valence-corrected chi connectivity index (χ2v) is 9.24. The quantitative estimate of drug-likeness (QED) is 0.596. The van der Waals surface area contributed by atoms with Crippen LogP contribution in [0.5, 0.6) is 5.75 Å². The number of hydrogen-bond acceptors (Lipinski definition) is 3. The molecule has 3 aromatic rings. The molecule has 1 unspecified atom stereocenters. The molecule has 31 heavy (non-hydrogen) atoms. The van der Waals surface area contributed by atoms with Crippen molar-refractivity contribution in [2.45, 2.75) is 45.2 Å². The molecule has 2 fully saturated rings. The van der Waals surface area contributed by atoms with Gasteiger partial charge in [-0.3, -0.25) is 9.69 Å². The van der Waals surface area contributed by atoms with Crippen LogP contribution < -0.4 is 10.5 Å². The molecular weight excluding hydrogens is 386 g/mol. The molecule has 0 radical (unpaired) electrons. The fraction of sp³-hybridized carbons (Fsp3) is 0.423. The summed E-state index contributed by atoms with van der Waals surface area (Å²) >= 11 is 0. The molecule has 1 saturated heterocycles. The highest BCUT2D eigenvalue weighted by molar-refractivity contribution is 5.92. The van der Waals surface area contributed by atoms with Crippen LogP contribution in [-0.4, -0.2) is 29.4 Å². The van der Waals surface area contributed by atoms with Gasteiger partial charge in [0.2, 0.25) is 5.91 Å². The molecule has 1 aliphatic carbocycles. The lowest BCUT2D eigenvalue weighted by atomic mass is 9.83. The first-order valence-corrected chi connectivity index (χ1v) is 11.3. The van der Waals surface area contributed by atoms with Crippen LogP contribution in [0.4, 0.5) is 0 Å². The van der Waals surface area contributed by atoms with Crippen LogP contribution in [-0.2, 0) is 6.54 Å². The zero-order chi connectivity index (χ0) is 21.5. The Balaban J connectivity index is 1.49. The van der Waals surface area contributed by atoms with Gasteiger partial charge in [0.05, 0.1) is 7.11 Å². The van der Waals surface area contributed by atoms with Crippen LogP contribution in [0.25, 0.3) is 10.9 Å². The molecule has 1 aliphatic heterocycles. The van der Waals surface area contributed by atoms with E-state index in [9.17, 15) is 4.79 Å². The maximum Gasteiger partial charge on any atom is 0.248 e. The van der Waals surface area contributed by atoms with Crippen molar-refractivity contribution in [2.24, 2.45) is 17.6 Å². The lowest BCUT2D eigenvalue weighted by Gasteiger charge is -2.40. The predicted molar refractivity (Wildman–Crippen MR) is 123 cm³/mol. The lowest BCUT2D eigenvalue weighted by molar-refractivity contribution is 0.0952. The fourth-order valence-electron chi connectivity index (χ4n) is 5.43. The molecule has 2 aliphatic rings. The number of likely N-dealkylation sites (tertiary alicyclic amines) is 1. The van der Waals surface area contributed by atoms with Crippen molar-refractivity contribution in [1.29, 1.82) is 0 Å². The molecule has 162 valence electrons. The average molecular weight is 418 g/mol. The van der Waals surface area contributed by atoms with Crippen molar-refractivity contribution in [3.05, 3.63) is 64.8 Å². The van der Waals surface area contributed by atoms with Gasteiger partial charge in [-0.15, -0.1) is 0 Å². The number of aryl methyl sites for hydroxylation is 1. The minimum absolute atomic E-state index is 0.335. The third-order valence-electron chi connectivity index (χ3n) is 7.32. The Labute approximate surface area is 183 Å². The number of aromatic amines is 1. The Kier molecular flexibility index (Phi) is 5.22. The summed E-state index contributed by atoms with van der Waals surface area (Å²) in [6.07, 6.45) is 7.21. The van der Waals surface area contributed by atoms with E-state index >= 15 is 0 Å². The van der Waals surface area contributed by atoms with Crippen molar-refractivity contribution >= 4 is 16.8 Å². The molecule has 0 bridgehead atoms. The van der Waals surface area contributed by atoms with Gasteiger partial charge >= 0.3 is 0 Å². The summed E-state index contributed by atoms with van der Waals surface area (Å²) in [5.41, 5.74) is 10.9. The number of methoxy groups -OCH3 is 1. The zero-order valence-electron chi connectivity index (χ0n) is 18.4. The predicted octanol–water partition coefficient (Wildman–Crippen LogP) is 4.95. The number of hydrogen-bond donors (Lipinski definition) is 2. The number of fused-ring (bicyclic) bond motifs is 1. The SMILES string of the molecule is COc1cc(C)c2[nH]ccc2c1CN1CCC(C2CC2)C[C@H]1c1ccc(C(N)=O)cc1. The molecule has 2 atom stereocenters. The smallest absolute Gasteiger partial charge is 0.248 e. The number of amides is 1. The first kappa shape index (κ1) is 20.1. The van der Waals surface area contributed by atoms with Crippen LogP contribution in [0.3, 0.4) is 0 Å². The third kappa shape index (κ3) is 3.83. The summed E-state index contributed by atoms with van der Waals surface area (Å²) < 4.78 is 5.81. The topological polar surface area (TPSA) is 71.3 Å². The average Bonchev–Trinajstić information content (AvgIpc) is 3.51. The van der Waals surface area contributed by atoms with E-state index in [1.54, 1.807) is 7.11 Å². The van der Waals surface area contributed by atoms with Crippen LogP contribution in [0.1, 0.15) is 58.8 Å². The normalized spacial score (nSPS) is 22.0. The minimum atomic E-state index is -0.373. The minimum Gasteiger partial charge on any atom is -0.496 e. The van der Waals surface area contributed by atoms with Crippen molar-refractivity contribution in [2.75, 3.05) is 13.7 Å². The fourth-order valence-corrected chi connectivity index (χ4v) is 5.43. The van der Waals surface area contributed by atoms with Crippen LogP contribution in [0.2, 0.25) is 0 Å². The van der Waals surface area contributed by atoms with Gasteiger partial charge in [-0.25, -0.2) is 0 Å². The number of nitrogens with zero attached hydrogens (tertiary/aromatic N) is 1. The molecule has 1 saturated carbocycles. The molecule has 5 nitrogen and oxygen atoms in total. The van der Waals surface area contributed by atoms with Gasteiger partial charge in [-0.05, 0) is 86.4 Å². The largest absolute Gasteiger partial charge is 0.496 e. The van der Waals surface area contributed by atoms with Gasteiger partial charge in [-0.2, -0.15) is 0 Å². The van der Waals surface area contributed by atoms with E-state index in [0.29, 0.717) is 11.6 Å². The van der Waals surface area contributed by atoms with Crippen LogP contribution >= 0.6 is 0 Å². The second kappa shape index (κ2) is 8.04. The summed E-state index contributed by atoms with van der Waals surface area (Å²) in [6.45, 7) is 4.04. The number of carbonyl (C=O) groups is 1. The van der Waals surface area contributed by atoms with E-state index in [-0.39, 0.29) is 5.91 Å². The van der Waals surface area contributed by atoms with E-state index in [1.807, 2.05) is 18.3 Å². The first-order chi connectivity index (χ1) is 15.0. The molecule has 1 amide bonds. The van der Waals surface area contributed by atoms with Gasteiger partial charge in [0.15, 0.2) is 0 Å². The van der Waals surface area contributed by atoms with Crippen molar-refractivity contribution < 1.29 is 9.53 Å². The molecular formula is C26H31N3O2. The Morgan fingerprint density at radius 2 is 1.94 bits per heavy atom. The number of H-pyrrole nitrogens is 1. The summed E-state index contributed by atoms with van der Waals surface area (Å²) in [7, 11) is 1.76. The number of nitrogens with two attached hydrogens (primary N) is 1. The van der Waals surface area contributed by atoms with Gasteiger partial charge < -0.3 is 15.5 Å². The number of rotatable bonds is 6. The van der Waals surface area contributed by atoms with Crippen LogP contribution in [0, 0.1) is 18.8 Å². The number of ether oxygens (including phenoxy) is 1. The van der Waals surface area contributed by atoms with E-state index in [4.69, 9.17) is 10.5 Å². The van der Waals surface area contributed by atoms with Gasteiger partial charge in [0.1, 0.15) is 5.75 Å². The van der Waals surface area contributed by atoms with Crippen LogP contribution in [0.15, 0.2) is 42.6 Å². The Bertz CT molecular complexity index is 1100. The molecule has 0 spiro atoms. The molecule has 5 heteroatoms. The maximum atomic E-state index is 11.5. The molecule has 3 N–H and O–H groups in total. The Morgan fingerprint density at radius 3 is 2.61 bits per heavy atom. The highest BCUT2D eigenvalue weighted by Gasteiger charge is 2.38. The molecule has 1 aromatic heterocycles. The molecule has 2 heterocycles. The van der Waals surface area contributed by atoms with Crippen molar-refractivity contribution in [3.63, 3.8) is 0 Å². The van der Waals surface area contributed by atoms with Crippen molar-refractivity contribution in [3.8, 4) is 5.75 Å². The highest BCUT2D eigenvalue weighted by Crippen LogP contribution is 2.47. The van der Waals surface area contributed by atoms with E-state index < -0.39 is 0 Å². The number of piperidine rings is 1. The third-order valence-corrected chi connectivity index (χ3v) is 7.32. The number of carbonyl (C=O) groups excluding carboxylic acids is 1. The van der Waals surface area contributed by atoms with Crippen molar-refractivity contribution in [1.82, 2.24) is 9.88 Å². The summed E-state index contributed by atoms with van der Waals surface area (Å²) in [5, 5.41) is 1.24. The van der Waals surface area contributed by atoms with Gasteiger partial charge in [-0.1, -0.05) is 12.1 Å². The molecule has 5 rings (SSSR count). The second-order valence-electron chi connectivity index (χ2n) is 9.24. The number of primary amides is 1. The van der Waals surface area contributed by atoms with E-state index in [0.717, 1.165) is 30.7 Å². The highest BCUT2D eigenvalue weighted by atomic mass is 16.5. The summed E-state index contributed by atoms with van der Waals surface area (Å²) in [5.74, 6) is 2.28. The number of benzene rings is 2.